The molecule has 0 saturated heterocycles. The zero-order valence-electron chi connectivity index (χ0n) is 19.0. The molecule has 1 atom stereocenters. The smallest absolute Gasteiger partial charge is 0.122 e. The Bertz CT molecular complexity index is 770. The van der Waals surface area contributed by atoms with Crippen molar-refractivity contribution in [1.82, 2.24) is 0 Å². The average Bonchev–Trinajstić information content (AvgIpc) is 2.57. The summed E-state index contributed by atoms with van der Waals surface area (Å²) < 4.78 is 0. The largest absolute Gasteiger partial charge is 0.507 e. The molecule has 0 aliphatic rings. The molecule has 0 radical (unpaired) electrons. The van der Waals surface area contributed by atoms with E-state index < -0.39 is 0 Å². The van der Waals surface area contributed by atoms with E-state index in [9.17, 15) is 10.2 Å². The van der Waals surface area contributed by atoms with Crippen molar-refractivity contribution in [3.05, 3.63) is 57.6 Å². The van der Waals surface area contributed by atoms with E-state index in [4.69, 9.17) is 0 Å². The van der Waals surface area contributed by atoms with Gasteiger partial charge < -0.3 is 10.2 Å². The van der Waals surface area contributed by atoms with Gasteiger partial charge in [-0.25, -0.2) is 0 Å². The topological polar surface area (TPSA) is 40.5 Å². The molecule has 0 aliphatic heterocycles. The van der Waals surface area contributed by atoms with Crippen LogP contribution in [0.4, 0.5) is 0 Å². The SMILES string of the molecule is Cc1cc(C)c(O)c(C(CC(C)CCC(C)(C)C)c2cc(C)cc(C)c2O)c1. The number of phenolic OH excluding ortho intramolecular Hbond substituents is 2. The van der Waals surface area contributed by atoms with E-state index in [1.165, 1.54) is 6.42 Å². The van der Waals surface area contributed by atoms with Gasteiger partial charge in [0.15, 0.2) is 0 Å². The summed E-state index contributed by atoms with van der Waals surface area (Å²) in [7, 11) is 0. The first kappa shape index (κ1) is 22.3. The Morgan fingerprint density at radius 1 is 0.786 bits per heavy atom. The molecule has 2 N–H and O–H groups in total. The minimum Gasteiger partial charge on any atom is -0.507 e. The van der Waals surface area contributed by atoms with Gasteiger partial charge in [-0.15, -0.1) is 0 Å². The third-order valence-electron chi connectivity index (χ3n) is 5.72. The Labute approximate surface area is 171 Å². The molecule has 0 aromatic heterocycles. The molecule has 2 aromatic rings. The lowest BCUT2D eigenvalue weighted by atomic mass is 9.78. The number of rotatable bonds is 6. The fourth-order valence-corrected chi connectivity index (χ4v) is 4.14. The standard InChI is InChI=1S/C26H38O2/c1-16(9-10-26(6,7)8)13-21(22-14-17(2)11-19(4)24(22)27)23-15-18(3)12-20(5)25(23)28/h11-12,14-16,21,27-28H,9-10,13H2,1-8H3. The van der Waals surface area contributed by atoms with Crippen molar-refractivity contribution in [2.45, 2.75) is 80.6 Å². The highest BCUT2D eigenvalue weighted by molar-refractivity contribution is 5.53. The first-order valence-electron chi connectivity index (χ1n) is 10.5. The maximum atomic E-state index is 10.9. The van der Waals surface area contributed by atoms with Gasteiger partial charge in [-0.2, -0.15) is 0 Å². The summed E-state index contributed by atoms with van der Waals surface area (Å²) in [6.07, 6.45) is 3.21. The van der Waals surface area contributed by atoms with E-state index in [0.29, 0.717) is 22.8 Å². The van der Waals surface area contributed by atoms with Crippen LogP contribution in [-0.2, 0) is 0 Å². The van der Waals surface area contributed by atoms with Crippen LogP contribution < -0.4 is 0 Å². The lowest BCUT2D eigenvalue weighted by molar-refractivity contribution is 0.317. The number of aromatic hydroxyl groups is 2. The second-order valence-electron chi connectivity index (χ2n) is 10.0. The molecule has 2 nitrogen and oxygen atoms in total. The lowest BCUT2D eigenvalue weighted by Crippen LogP contribution is -2.12. The Hall–Kier alpha value is -1.96. The Morgan fingerprint density at radius 2 is 1.21 bits per heavy atom. The van der Waals surface area contributed by atoms with Crippen molar-refractivity contribution in [3.8, 4) is 11.5 Å². The zero-order chi connectivity index (χ0) is 21.2. The molecular weight excluding hydrogens is 344 g/mol. The molecule has 0 bridgehead atoms. The highest BCUT2D eigenvalue weighted by atomic mass is 16.3. The van der Waals surface area contributed by atoms with Crippen LogP contribution in [0.3, 0.4) is 0 Å². The Morgan fingerprint density at radius 3 is 1.61 bits per heavy atom. The van der Waals surface area contributed by atoms with Gasteiger partial charge in [0.2, 0.25) is 0 Å². The number of hydrogen-bond donors (Lipinski definition) is 2. The van der Waals surface area contributed by atoms with Crippen molar-refractivity contribution in [2.75, 3.05) is 0 Å². The molecule has 0 heterocycles. The van der Waals surface area contributed by atoms with Gasteiger partial charge in [0.25, 0.3) is 0 Å². The summed E-state index contributed by atoms with van der Waals surface area (Å²) in [6, 6.07) is 8.20. The van der Waals surface area contributed by atoms with Crippen molar-refractivity contribution in [1.29, 1.82) is 0 Å². The number of aryl methyl sites for hydroxylation is 4. The summed E-state index contributed by atoms with van der Waals surface area (Å²) in [5, 5.41) is 21.7. The van der Waals surface area contributed by atoms with Crippen molar-refractivity contribution in [2.24, 2.45) is 11.3 Å². The summed E-state index contributed by atoms with van der Waals surface area (Å²) in [5.74, 6) is 1.19. The third-order valence-corrected chi connectivity index (χ3v) is 5.72. The van der Waals surface area contributed by atoms with Crippen LogP contribution in [0.15, 0.2) is 24.3 Å². The summed E-state index contributed by atoms with van der Waals surface area (Å²) >= 11 is 0. The average molecular weight is 383 g/mol. The van der Waals surface area contributed by atoms with Gasteiger partial charge in [0, 0.05) is 17.0 Å². The zero-order valence-corrected chi connectivity index (χ0v) is 19.0. The van der Waals surface area contributed by atoms with Gasteiger partial charge in [0.05, 0.1) is 0 Å². The first-order valence-corrected chi connectivity index (χ1v) is 10.5. The maximum absolute atomic E-state index is 10.9. The lowest BCUT2D eigenvalue weighted by Gasteiger charge is -2.27. The summed E-state index contributed by atoms with van der Waals surface area (Å²) in [5.41, 5.74) is 6.25. The molecule has 154 valence electrons. The van der Waals surface area contributed by atoms with E-state index in [1.54, 1.807) is 0 Å². The number of phenols is 2. The van der Waals surface area contributed by atoms with E-state index in [2.05, 4.69) is 53.7 Å². The fraction of sp³-hybridized carbons (Fsp3) is 0.538. The molecule has 2 aromatic carbocycles. The second-order valence-corrected chi connectivity index (χ2v) is 10.0. The van der Waals surface area contributed by atoms with E-state index in [1.807, 2.05) is 26.0 Å². The second kappa shape index (κ2) is 8.59. The molecule has 28 heavy (non-hydrogen) atoms. The van der Waals surface area contributed by atoms with Gasteiger partial charge in [-0.3, -0.25) is 0 Å². The number of benzene rings is 2. The Kier molecular flexibility index (Phi) is 6.85. The van der Waals surface area contributed by atoms with Crippen LogP contribution in [-0.4, -0.2) is 10.2 Å². The quantitative estimate of drug-likeness (QED) is 0.549. The summed E-state index contributed by atoms with van der Waals surface area (Å²) in [4.78, 5) is 0. The van der Waals surface area contributed by atoms with Crippen LogP contribution in [0.2, 0.25) is 0 Å². The van der Waals surface area contributed by atoms with Crippen LogP contribution in [0.5, 0.6) is 11.5 Å². The van der Waals surface area contributed by atoms with Gasteiger partial charge in [-0.1, -0.05) is 69.5 Å². The maximum Gasteiger partial charge on any atom is 0.122 e. The van der Waals surface area contributed by atoms with Crippen LogP contribution in [0, 0.1) is 39.0 Å². The van der Waals surface area contributed by atoms with Crippen molar-refractivity contribution >= 4 is 0 Å². The molecule has 0 fully saturated rings. The van der Waals surface area contributed by atoms with E-state index in [0.717, 1.165) is 46.2 Å². The van der Waals surface area contributed by atoms with Crippen molar-refractivity contribution in [3.63, 3.8) is 0 Å². The molecule has 0 saturated carbocycles. The van der Waals surface area contributed by atoms with Crippen LogP contribution in [0.1, 0.15) is 86.3 Å². The van der Waals surface area contributed by atoms with Crippen molar-refractivity contribution < 1.29 is 10.2 Å². The number of hydrogen-bond acceptors (Lipinski definition) is 2. The predicted octanol–water partition coefficient (Wildman–Crippen LogP) is 7.32. The Balaban J connectivity index is 2.51. The van der Waals surface area contributed by atoms with Gasteiger partial charge in [0.1, 0.15) is 11.5 Å². The highest BCUT2D eigenvalue weighted by Gasteiger charge is 2.26. The predicted molar refractivity (Wildman–Crippen MR) is 119 cm³/mol. The molecule has 2 heteroatoms. The molecular formula is C26H38O2. The first-order chi connectivity index (χ1) is 12.9. The molecule has 2 rings (SSSR count). The van der Waals surface area contributed by atoms with Crippen LogP contribution >= 0.6 is 0 Å². The molecule has 0 amide bonds. The fourth-order valence-electron chi connectivity index (χ4n) is 4.14. The minimum absolute atomic E-state index is 0.0211. The molecule has 1 unspecified atom stereocenters. The minimum atomic E-state index is -0.0211. The molecule has 0 spiro atoms. The van der Waals surface area contributed by atoms with E-state index >= 15 is 0 Å². The van der Waals surface area contributed by atoms with Crippen LogP contribution in [0.25, 0.3) is 0 Å². The van der Waals surface area contributed by atoms with Gasteiger partial charge in [-0.05, 0) is 63.0 Å². The highest BCUT2D eigenvalue weighted by Crippen LogP contribution is 2.43. The molecule has 0 aliphatic carbocycles. The summed E-state index contributed by atoms with van der Waals surface area (Å²) in [6.45, 7) is 17.2. The monoisotopic (exact) mass is 382 g/mol. The third kappa shape index (κ3) is 5.53. The van der Waals surface area contributed by atoms with E-state index in [-0.39, 0.29) is 5.92 Å². The normalized spacial score (nSPS) is 13.2. The van der Waals surface area contributed by atoms with Gasteiger partial charge >= 0.3 is 0 Å².